The summed E-state index contributed by atoms with van der Waals surface area (Å²) < 4.78 is 70.3. The highest BCUT2D eigenvalue weighted by atomic mass is 19.4. The first-order valence-electron chi connectivity index (χ1n) is 7.72. The Hall–Kier alpha value is -3.57. The molecule has 1 N–H and O–H groups in total. The van der Waals surface area contributed by atoms with Crippen LogP contribution in [0.5, 0.6) is 0 Å². The van der Waals surface area contributed by atoms with Crippen molar-refractivity contribution < 1.29 is 41.2 Å². The van der Waals surface area contributed by atoms with Crippen molar-refractivity contribution in [1.82, 2.24) is 0 Å². The monoisotopic (exact) mass is 418 g/mol. The molecule has 2 aromatic carbocycles. The first-order chi connectivity index (χ1) is 13.4. The number of nitrogens with zero attached hydrogens (tertiary/aromatic N) is 1. The fourth-order valence-electron chi connectivity index (χ4n) is 2.18. The number of nitro groups is 1. The lowest BCUT2D eigenvalue weighted by Crippen LogP contribution is -2.31. The van der Waals surface area contributed by atoms with Crippen LogP contribution in [-0.2, 0) is 15.7 Å². The predicted octanol–water partition coefficient (Wildman–Crippen LogP) is 4.08. The molecule has 29 heavy (non-hydrogen) atoms. The van der Waals surface area contributed by atoms with Gasteiger partial charge in [-0.15, -0.1) is 0 Å². The molecular formula is C17H11F5N2O5. The largest absolute Gasteiger partial charge is 0.449 e. The summed E-state index contributed by atoms with van der Waals surface area (Å²) >= 11 is 0. The molecule has 0 heterocycles. The number of carbonyl (C=O) groups is 2. The van der Waals surface area contributed by atoms with E-state index in [9.17, 15) is 41.7 Å². The summed E-state index contributed by atoms with van der Waals surface area (Å²) in [6, 6.07) is 3.45. The quantitative estimate of drug-likeness (QED) is 0.342. The van der Waals surface area contributed by atoms with Crippen LogP contribution in [0, 0.1) is 21.7 Å². The fourth-order valence-corrected chi connectivity index (χ4v) is 2.18. The molecule has 2 rings (SSSR count). The molecule has 0 saturated carbocycles. The number of nitro benzene ring substituents is 1. The number of ether oxygens (including phenoxy) is 1. The molecule has 0 saturated heterocycles. The van der Waals surface area contributed by atoms with E-state index < -0.39 is 63.2 Å². The van der Waals surface area contributed by atoms with Gasteiger partial charge in [0, 0.05) is 18.2 Å². The van der Waals surface area contributed by atoms with Crippen LogP contribution in [0.25, 0.3) is 0 Å². The van der Waals surface area contributed by atoms with E-state index >= 15 is 0 Å². The second-order valence-electron chi connectivity index (χ2n) is 5.68. The normalized spacial score (nSPS) is 12.2. The topological polar surface area (TPSA) is 98.5 Å². The van der Waals surface area contributed by atoms with E-state index in [-0.39, 0.29) is 6.07 Å². The first kappa shape index (κ1) is 21.7. The van der Waals surface area contributed by atoms with Gasteiger partial charge in [-0.2, -0.15) is 13.2 Å². The number of halogens is 5. The summed E-state index contributed by atoms with van der Waals surface area (Å²) in [4.78, 5) is 33.6. The van der Waals surface area contributed by atoms with Crippen LogP contribution in [0.1, 0.15) is 22.8 Å². The molecule has 0 aliphatic heterocycles. The van der Waals surface area contributed by atoms with Gasteiger partial charge in [-0.05, 0) is 25.1 Å². The Morgan fingerprint density at radius 2 is 1.69 bits per heavy atom. The molecule has 0 bridgehead atoms. The van der Waals surface area contributed by atoms with Crippen molar-refractivity contribution >= 4 is 23.3 Å². The van der Waals surface area contributed by atoms with Crippen molar-refractivity contribution in [2.75, 3.05) is 5.32 Å². The van der Waals surface area contributed by atoms with Crippen LogP contribution in [-0.4, -0.2) is 22.9 Å². The number of esters is 1. The minimum atomic E-state index is -5.02. The number of alkyl halides is 3. The number of hydrogen-bond donors (Lipinski definition) is 1. The number of anilines is 1. The molecule has 12 heteroatoms. The van der Waals surface area contributed by atoms with E-state index in [0.717, 1.165) is 13.0 Å². The maximum absolute atomic E-state index is 13.1. The number of amides is 1. The molecule has 1 atom stereocenters. The van der Waals surface area contributed by atoms with E-state index in [2.05, 4.69) is 0 Å². The second-order valence-corrected chi connectivity index (χ2v) is 5.68. The summed E-state index contributed by atoms with van der Waals surface area (Å²) in [6.07, 6.45) is -6.67. The Morgan fingerprint density at radius 1 is 1.10 bits per heavy atom. The van der Waals surface area contributed by atoms with Crippen LogP contribution >= 0.6 is 0 Å². The van der Waals surface area contributed by atoms with Gasteiger partial charge in [0.2, 0.25) is 0 Å². The molecule has 7 nitrogen and oxygen atoms in total. The second kappa shape index (κ2) is 8.20. The molecule has 2 aromatic rings. The zero-order chi connectivity index (χ0) is 21.9. The Balaban J connectivity index is 2.19. The summed E-state index contributed by atoms with van der Waals surface area (Å²) in [7, 11) is 0. The van der Waals surface area contributed by atoms with Crippen molar-refractivity contribution in [3.05, 3.63) is 69.3 Å². The molecule has 0 aliphatic rings. The molecule has 0 aromatic heterocycles. The number of rotatable bonds is 5. The summed E-state index contributed by atoms with van der Waals surface area (Å²) in [6.45, 7) is 1.02. The lowest BCUT2D eigenvalue weighted by atomic mass is 10.1. The third kappa shape index (κ3) is 5.46. The first-order valence-corrected chi connectivity index (χ1v) is 7.72. The van der Waals surface area contributed by atoms with Crippen molar-refractivity contribution in [3.8, 4) is 0 Å². The minimum Gasteiger partial charge on any atom is -0.449 e. The SMILES string of the molecule is CC(OC(=O)c1cc(F)cc(F)c1)C(=O)Nc1ccc([N+](=O)[O-])cc1C(F)(F)F. The van der Waals surface area contributed by atoms with Gasteiger partial charge < -0.3 is 10.1 Å². The highest BCUT2D eigenvalue weighted by Gasteiger charge is 2.36. The van der Waals surface area contributed by atoms with Crippen molar-refractivity contribution in [1.29, 1.82) is 0 Å². The Labute approximate surface area is 159 Å². The van der Waals surface area contributed by atoms with Crippen LogP contribution in [0.3, 0.4) is 0 Å². The highest BCUT2D eigenvalue weighted by Crippen LogP contribution is 2.37. The smallest absolute Gasteiger partial charge is 0.418 e. The third-order valence-electron chi connectivity index (χ3n) is 3.53. The Morgan fingerprint density at radius 3 is 2.21 bits per heavy atom. The van der Waals surface area contributed by atoms with Crippen LogP contribution in [0.4, 0.5) is 33.3 Å². The lowest BCUT2D eigenvalue weighted by molar-refractivity contribution is -0.385. The Bertz CT molecular complexity index is 957. The lowest BCUT2D eigenvalue weighted by Gasteiger charge is -2.17. The summed E-state index contributed by atoms with van der Waals surface area (Å²) in [5.74, 6) is -4.63. The number of non-ortho nitro benzene ring substituents is 1. The van der Waals surface area contributed by atoms with Gasteiger partial charge in [0.1, 0.15) is 11.6 Å². The van der Waals surface area contributed by atoms with Crippen molar-refractivity contribution in [3.63, 3.8) is 0 Å². The van der Waals surface area contributed by atoms with Crippen LogP contribution in [0.2, 0.25) is 0 Å². The average molecular weight is 418 g/mol. The molecule has 154 valence electrons. The number of carbonyl (C=O) groups excluding carboxylic acids is 2. The molecule has 1 unspecified atom stereocenters. The van der Waals surface area contributed by atoms with Gasteiger partial charge in [-0.25, -0.2) is 13.6 Å². The molecule has 0 fully saturated rings. The van der Waals surface area contributed by atoms with Gasteiger partial charge in [-0.1, -0.05) is 0 Å². The number of nitrogens with one attached hydrogen (secondary N) is 1. The van der Waals surface area contributed by atoms with E-state index in [1.807, 2.05) is 5.32 Å². The molecule has 0 radical (unpaired) electrons. The zero-order valence-electron chi connectivity index (χ0n) is 14.4. The molecular weight excluding hydrogens is 407 g/mol. The van der Waals surface area contributed by atoms with Gasteiger partial charge in [0.15, 0.2) is 6.10 Å². The summed E-state index contributed by atoms with van der Waals surface area (Å²) in [5, 5.41) is 12.5. The zero-order valence-corrected chi connectivity index (χ0v) is 14.4. The molecule has 0 aliphatic carbocycles. The fraction of sp³-hybridized carbons (Fsp3) is 0.176. The van der Waals surface area contributed by atoms with Crippen LogP contribution < -0.4 is 5.32 Å². The van der Waals surface area contributed by atoms with Crippen molar-refractivity contribution in [2.24, 2.45) is 0 Å². The van der Waals surface area contributed by atoms with Gasteiger partial charge in [0.05, 0.1) is 21.7 Å². The van der Waals surface area contributed by atoms with E-state index in [1.165, 1.54) is 0 Å². The van der Waals surface area contributed by atoms with Gasteiger partial charge >= 0.3 is 12.1 Å². The standard InChI is InChI=1S/C17H11F5N2O5/c1-8(29-16(26)9-4-10(18)6-11(19)5-9)15(25)23-14-3-2-12(24(27)28)7-13(14)17(20,21)22/h2-8H,1H3,(H,23,25). The maximum atomic E-state index is 13.1. The molecule has 0 spiro atoms. The highest BCUT2D eigenvalue weighted by molar-refractivity contribution is 5.98. The maximum Gasteiger partial charge on any atom is 0.418 e. The van der Waals surface area contributed by atoms with E-state index in [0.29, 0.717) is 24.3 Å². The predicted molar refractivity (Wildman–Crippen MR) is 88.0 cm³/mol. The third-order valence-corrected chi connectivity index (χ3v) is 3.53. The van der Waals surface area contributed by atoms with Gasteiger partial charge in [-0.3, -0.25) is 14.9 Å². The summed E-state index contributed by atoms with van der Waals surface area (Å²) in [5.41, 5.74) is -3.67. The van der Waals surface area contributed by atoms with E-state index in [4.69, 9.17) is 4.74 Å². The minimum absolute atomic E-state index is 0.238. The van der Waals surface area contributed by atoms with Crippen LogP contribution in [0.15, 0.2) is 36.4 Å². The molecule has 1 amide bonds. The number of benzene rings is 2. The van der Waals surface area contributed by atoms with Gasteiger partial charge in [0.25, 0.3) is 11.6 Å². The van der Waals surface area contributed by atoms with Crippen molar-refractivity contribution in [2.45, 2.75) is 19.2 Å². The Kier molecular flexibility index (Phi) is 6.15. The van der Waals surface area contributed by atoms with E-state index in [1.54, 1.807) is 0 Å². The average Bonchev–Trinajstić information content (AvgIpc) is 2.59. The number of hydrogen-bond acceptors (Lipinski definition) is 5.